The summed E-state index contributed by atoms with van der Waals surface area (Å²) in [6, 6.07) is 11.6. The van der Waals surface area contributed by atoms with Crippen LogP contribution in [0, 0.1) is 0 Å². The summed E-state index contributed by atoms with van der Waals surface area (Å²) < 4.78 is 0. The minimum absolute atomic E-state index is 0.0221. The number of thiophene rings is 1. The number of aromatic amines is 1. The van der Waals surface area contributed by atoms with Crippen LogP contribution in [0.1, 0.15) is 15.5 Å². The van der Waals surface area contributed by atoms with E-state index in [0.29, 0.717) is 13.0 Å². The number of H-pyrrole nitrogens is 1. The Morgan fingerprint density at radius 2 is 2.16 bits per heavy atom. The zero-order valence-electron chi connectivity index (χ0n) is 10.2. The SMILES string of the molecule is O=C(NCCc1nc2ccccc2[nH]1)c1cccs1. The van der Waals surface area contributed by atoms with Gasteiger partial charge in [0.2, 0.25) is 0 Å². The van der Waals surface area contributed by atoms with Crippen LogP contribution in [0.25, 0.3) is 11.0 Å². The van der Waals surface area contributed by atoms with E-state index < -0.39 is 0 Å². The molecule has 2 N–H and O–H groups in total. The number of rotatable bonds is 4. The molecule has 1 aromatic carbocycles. The smallest absolute Gasteiger partial charge is 0.261 e. The number of hydrogen-bond acceptors (Lipinski definition) is 3. The van der Waals surface area contributed by atoms with Gasteiger partial charge in [-0.25, -0.2) is 4.98 Å². The second kappa shape index (κ2) is 5.24. The summed E-state index contributed by atoms with van der Waals surface area (Å²) in [7, 11) is 0. The molecule has 0 atom stereocenters. The summed E-state index contributed by atoms with van der Waals surface area (Å²) in [6.45, 7) is 0.580. The van der Waals surface area contributed by atoms with Gasteiger partial charge in [0.1, 0.15) is 5.82 Å². The van der Waals surface area contributed by atoms with Crippen LogP contribution >= 0.6 is 11.3 Å². The lowest BCUT2D eigenvalue weighted by Crippen LogP contribution is -2.25. The Labute approximate surface area is 114 Å². The van der Waals surface area contributed by atoms with Gasteiger partial charge in [-0.2, -0.15) is 0 Å². The topological polar surface area (TPSA) is 57.8 Å². The van der Waals surface area contributed by atoms with E-state index in [-0.39, 0.29) is 5.91 Å². The van der Waals surface area contributed by atoms with Crippen LogP contribution in [-0.2, 0) is 6.42 Å². The van der Waals surface area contributed by atoms with Crippen LogP contribution in [0.3, 0.4) is 0 Å². The van der Waals surface area contributed by atoms with E-state index in [2.05, 4.69) is 15.3 Å². The maximum absolute atomic E-state index is 11.7. The number of imidazole rings is 1. The molecule has 0 radical (unpaired) electrons. The summed E-state index contributed by atoms with van der Waals surface area (Å²) in [4.78, 5) is 20.2. The van der Waals surface area contributed by atoms with Crippen molar-refractivity contribution in [1.29, 1.82) is 0 Å². The Kier molecular flexibility index (Phi) is 3.29. The second-order valence-corrected chi connectivity index (χ2v) is 5.13. The van der Waals surface area contributed by atoms with Crippen LogP contribution in [0.4, 0.5) is 0 Å². The van der Waals surface area contributed by atoms with E-state index in [1.165, 1.54) is 11.3 Å². The van der Waals surface area contributed by atoms with E-state index in [1.807, 2.05) is 41.8 Å². The summed E-state index contributed by atoms with van der Waals surface area (Å²) in [5.41, 5.74) is 1.99. The molecule has 96 valence electrons. The molecule has 0 saturated heterocycles. The number of nitrogens with one attached hydrogen (secondary N) is 2. The lowest BCUT2D eigenvalue weighted by atomic mass is 10.3. The van der Waals surface area contributed by atoms with Crippen LogP contribution in [-0.4, -0.2) is 22.4 Å². The molecule has 0 aliphatic rings. The Morgan fingerprint density at radius 3 is 2.95 bits per heavy atom. The average molecular weight is 271 g/mol. The quantitative estimate of drug-likeness (QED) is 0.766. The third kappa shape index (κ3) is 2.66. The molecular weight excluding hydrogens is 258 g/mol. The largest absolute Gasteiger partial charge is 0.351 e. The number of nitrogens with zero attached hydrogens (tertiary/aromatic N) is 1. The molecule has 0 saturated carbocycles. The fourth-order valence-corrected chi connectivity index (χ4v) is 2.55. The van der Waals surface area contributed by atoms with Crippen LogP contribution < -0.4 is 5.32 Å². The van der Waals surface area contributed by atoms with Crippen LogP contribution in [0.2, 0.25) is 0 Å². The summed E-state index contributed by atoms with van der Waals surface area (Å²) >= 11 is 1.45. The fourth-order valence-electron chi connectivity index (χ4n) is 1.91. The number of carbonyl (C=O) groups excluding carboxylic acids is 1. The monoisotopic (exact) mass is 271 g/mol. The zero-order valence-corrected chi connectivity index (χ0v) is 11.0. The number of hydrogen-bond donors (Lipinski definition) is 2. The highest BCUT2D eigenvalue weighted by atomic mass is 32.1. The highest BCUT2D eigenvalue weighted by molar-refractivity contribution is 7.12. The molecule has 0 bridgehead atoms. The average Bonchev–Trinajstić information content (AvgIpc) is 3.07. The number of carbonyl (C=O) groups is 1. The fraction of sp³-hybridized carbons (Fsp3) is 0.143. The maximum atomic E-state index is 11.7. The van der Waals surface area contributed by atoms with Crippen molar-refractivity contribution >= 4 is 28.3 Å². The lowest BCUT2D eigenvalue weighted by Gasteiger charge is -2.01. The van der Waals surface area contributed by atoms with Gasteiger partial charge in [-0.3, -0.25) is 4.79 Å². The molecule has 5 heteroatoms. The summed E-state index contributed by atoms with van der Waals surface area (Å²) in [5, 5.41) is 4.79. The Morgan fingerprint density at radius 1 is 1.26 bits per heavy atom. The summed E-state index contributed by atoms with van der Waals surface area (Å²) in [6.07, 6.45) is 0.700. The first-order chi connectivity index (χ1) is 9.33. The molecule has 4 nitrogen and oxygen atoms in total. The number of fused-ring (bicyclic) bond motifs is 1. The van der Waals surface area contributed by atoms with E-state index >= 15 is 0 Å². The standard InChI is InChI=1S/C14H13N3OS/c18-14(12-6-3-9-19-12)15-8-7-13-16-10-4-1-2-5-11(10)17-13/h1-6,9H,7-8H2,(H,15,18)(H,16,17). The second-order valence-electron chi connectivity index (χ2n) is 4.18. The van der Waals surface area contributed by atoms with E-state index in [1.54, 1.807) is 0 Å². The Balaban J connectivity index is 1.59. The van der Waals surface area contributed by atoms with Crippen LogP contribution in [0.5, 0.6) is 0 Å². The van der Waals surface area contributed by atoms with Gasteiger partial charge in [0, 0.05) is 13.0 Å². The Bertz CT molecular complexity index is 655. The molecule has 1 amide bonds. The molecule has 2 aromatic heterocycles. The van der Waals surface area contributed by atoms with Gasteiger partial charge in [-0.1, -0.05) is 18.2 Å². The van der Waals surface area contributed by atoms with Gasteiger partial charge in [-0.05, 0) is 23.6 Å². The van der Waals surface area contributed by atoms with Crippen LogP contribution in [0.15, 0.2) is 41.8 Å². The van der Waals surface area contributed by atoms with Gasteiger partial charge in [0.05, 0.1) is 15.9 Å². The number of amides is 1. The number of aromatic nitrogens is 2. The molecule has 3 rings (SSSR count). The molecule has 19 heavy (non-hydrogen) atoms. The Hall–Kier alpha value is -2.14. The van der Waals surface area contributed by atoms with Crippen molar-refractivity contribution in [3.63, 3.8) is 0 Å². The van der Waals surface area contributed by atoms with Crippen molar-refractivity contribution < 1.29 is 4.79 Å². The predicted octanol–water partition coefficient (Wildman–Crippen LogP) is 2.60. The normalized spacial score (nSPS) is 10.7. The number of para-hydroxylation sites is 2. The molecule has 0 unspecified atom stereocenters. The molecule has 3 aromatic rings. The van der Waals surface area contributed by atoms with Gasteiger partial charge in [-0.15, -0.1) is 11.3 Å². The first-order valence-electron chi connectivity index (χ1n) is 6.08. The van der Waals surface area contributed by atoms with Gasteiger partial charge < -0.3 is 10.3 Å². The zero-order chi connectivity index (χ0) is 13.1. The number of benzene rings is 1. The minimum Gasteiger partial charge on any atom is -0.351 e. The molecule has 0 aliphatic carbocycles. The van der Waals surface area contributed by atoms with E-state index in [9.17, 15) is 4.79 Å². The van der Waals surface area contributed by atoms with Gasteiger partial charge in [0.25, 0.3) is 5.91 Å². The molecule has 2 heterocycles. The van der Waals surface area contributed by atoms with Crippen molar-refractivity contribution in [3.05, 3.63) is 52.5 Å². The maximum Gasteiger partial charge on any atom is 0.261 e. The van der Waals surface area contributed by atoms with Crippen molar-refractivity contribution in [3.8, 4) is 0 Å². The third-order valence-corrected chi connectivity index (χ3v) is 3.70. The first-order valence-corrected chi connectivity index (χ1v) is 6.96. The van der Waals surface area contributed by atoms with Crippen molar-refractivity contribution in [2.45, 2.75) is 6.42 Å². The highest BCUT2D eigenvalue weighted by Crippen LogP contribution is 2.10. The predicted molar refractivity (Wildman–Crippen MR) is 76.4 cm³/mol. The molecule has 0 fully saturated rings. The van der Waals surface area contributed by atoms with Crippen molar-refractivity contribution in [1.82, 2.24) is 15.3 Å². The lowest BCUT2D eigenvalue weighted by molar-refractivity contribution is 0.0958. The van der Waals surface area contributed by atoms with Crippen molar-refractivity contribution in [2.75, 3.05) is 6.54 Å². The minimum atomic E-state index is -0.0221. The van der Waals surface area contributed by atoms with E-state index in [4.69, 9.17) is 0 Å². The van der Waals surface area contributed by atoms with E-state index in [0.717, 1.165) is 21.7 Å². The first kappa shape index (κ1) is 11.9. The van der Waals surface area contributed by atoms with Crippen molar-refractivity contribution in [2.24, 2.45) is 0 Å². The molecule has 0 aliphatic heterocycles. The third-order valence-electron chi connectivity index (χ3n) is 2.83. The summed E-state index contributed by atoms with van der Waals surface area (Å²) in [5.74, 6) is 0.874. The molecule has 0 spiro atoms. The van der Waals surface area contributed by atoms with Gasteiger partial charge >= 0.3 is 0 Å². The van der Waals surface area contributed by atoms with Gasteiger partial charge in [0.15, 0.2) is 0 Å². The highest BCUT2D eigenvalue weighted by Gasteiger charge is 2.06. The molecular formula is C14H13N3OS.